The summed E-state index contributed by atoms with van der Waals surface area (Å²) in [5, 5.41) is 0. The summed E-state index contributed by atoms with van der Waals surface area (Å²) in [7, 11) is 0. The van der Waals surface area contributed by atoms with Crippen molar-refractivity contribution in [1.29, 1.82) is 0 Å². The van der Waals surface area contributed by atoms with Gasteiger partial charge in [0, 0.05) is 31.6 Å². The van der Waals surface area contributed by atoms with E-state index in [0.717, 1.165) is 16.8 Å². The van der Waals surface area contributed by atoms with Crippen LogP contribution >= 0.6 is 0 Å². The number of rotatable bonds is 4. The fourth-order valence-corrected chi connectivity index (χ4v) is 4.13. The highest BCUT2D eigenvalue weighted by molar-refractivity contribution is 5.94. The molecule has 170 valence electrons. The number of morpholine rings is 1. The van der Waals surface area contributed by atoms with Gasteiger partial charge in [0.25, 0.3) is 5.91 Å². The van der Waals surface area contributed by atoms with Gasteiger partial charge in [0.1, 0.15) is 11.6 Å². The second-order valence-corrected chi connectivity index (χ2v) is 8.26. The molecular weight excluding hydrogens is 423 g/mol. The van der Waals surface area contributed by atoms with Gasteiger partial charge in [0.05, 0.1) is 31.0 Å². The van der Waals surface area contributed by atoms with E-state index in [0.29, 0.717) is 69.0 Å². The van der Waals surface area contributed by atoms with E-state index in [1.54, 1.807) is 17.0 Å². The van der Waals surface area contributed by atoms with E-state index >= 15 is 0 Å². The molecule has 0 saturated carbocycles. The van der Waals surface area contributed by atoms with Crippen LogP contribution in [0.2, 0.25) is 0 Å². The van der Waals surface area contributed by atoms with Crippen molar-refractivity contribution in [2.24, 2.45) is 0 Å². The van der Waals surface area contributed by atoms with E-state index in [1.165, 1.54) is 12.1 Å². The van der Waals surface area contributed by atoms with Gasteiger partial charge in [0.2, 0.25) is 11.8 Å². The minimum absolute atomic E-state index is 0.223. The Balaban J connectivity index is 1.49. The van der Waals surface area contributed by atoms with Gasteiger partial charge in [-0.25, -0.2) is 9.37 Å². The number of aryl methyl sites for hydroxylation is 1. The summed E-state index contributed by atoms with van der Waals surface area (Å²) >= 11 is 0. The van der Waals surface area contributed by atoms with Crippen LogP contribution in [0.4, 0.5) is 10.3 Å². The highest BCUT2D eigenvalue weighted by Crippen LogP contribution is 2.32. The third-order valence-corrected chi connectivity index (χ3v) is 5.87. The van der Waals surface area contributed by atoms with Gasteiger partial charge in [-0.3, -0.25) is 4.79 Å². The zero-order valence-corrected chi connectivity index (χ0v) is 18.5. The number of carbonyl (C=O) groups excluding carboxylic acids is 1. The molecule has 2 aliphatic rings. The molecule has 0 bridgehead atoms. The first kappa shape index (κ1) is 21.3. The Morgan fingerprint density at radius 3 is 2.67 bits per heavy atom. The number of amides is 1. The Labute approximate surface area is 191 Å². The monoisotopic (exact) mass is 448 g/mol. The number of carbonyl (C=O) groups is 1. The number of nitrogens with zero attached hydrogens (tertiary/aromatic N) is 4. The zero-order valence-electron chi connectivity index (χ0n) is 18.5. The molecule has 3 heterocycles. The lowest BCUT2D eigenvalue weighted by molar-refractivity contribution is 0.0731. The second kappa shape index (κ2) is 9.15. The number of benzene rings is 2. The van der Waals surface area contributed by atoms with Gasteiger partial charge in [-0.2, -0.15) is 4.98 Å². The van der Waals surface area contributed by atoms with Crippen LogP contribution in [0, 0.1) is 12.7 Å². The quantitative estimate of drug-likeness (QED) is 0.606. The molecule has 33 heavy (non-hydrogen) atoms. The number of hydrogen-bond acceptors (Lipinski definition) is 6. The highest BCUT2D eigenvalue weighted by Gasteiger charge is 2.29. The van der Waals surface area contributed by atoms with Crippen molar-refractivity contribution in [3.63, 3.8) is 0 Å². The molecule has 1 saturated heterocycles. The summed E-state index contributed by atoms with van der Waals surface area (Å²) in [5.74, 6) is 1.09. The van der Waals surface area contributed by atoms with Crippen LogP contribution in [-0.4, -0.2) is 53.6 Å². The summed E-state index contributed by atoms with van der Waals surface area (Å²) in [4.78, 5) is 26.4. The SMILES string of the molecule is Cc1cccc(Oc2nc(N3CCOCC3)nc3c2CN(C(=O)c2cccc(F)c2)CC3)c1. The maximum atomic E-state index is 13.7. The minimum atomic E-state index is -0.430. The van der Waals surface area contributed by atoms with Crippen molar-refractivity contribution in [2.75, 3.05) is 37.7 Å². The molecule has 2 aliphatic heterocycles. The number of hydrogen-bond donors (Lipinski definition) is 0. The van der Waals surface area contributed by atoms with Crippen molar-refractivity contribution in [1.82, 2.24) is 14.9 Å². The Morgan fingerprint density at radius 1 is 1.06 bits per heavy atom. The lowest BCUT2D eigenvalue weighted by Crippen LogP contribution is -2.39. The molecule has 8 heteroatoms. The lowest BCUT2D eigenvalue weighted by Gasteiger charge is -2.32. The van der Waals surface area contributed by atoms with E-state index in [9.17, 15) is 9.18 Å². The van der Waals surface area contributed by atoms with Crippen molar-refractivity contribution < 1.29 is 18.7 Å². The molecular formula is C25H25FN4O3. The van der Waals surface area contributed by atoms with Crippen molar-refractivity contribution in [2.45, 2.75) is 19.9 Å². The highest BCUT2D eigenvalue weighted by atomic mass is 19.1. The Morgan fingerprint density at radius 2 is 1.88 bits per heavy atom. The van der Waals surface area contributed by atoms with Crippen molar-refractivity contribution in [3.05, 3.63) is 76.7 Å². The van der Waals surface area contributed by atoms with E-state index in [4.69, 9.17) is 19.4 Å². The standard InChI is InChI=1S/C25H25FN4O3/c1-17-4-2-7-20(14-17)33-23-21-16-30(24(31)18-5-3-6-19(26)15-18)9-8-22(21)27-25(28-23)29-10-12-32-13-11-29/h2-7,14-15H,8-13,16H2,1H3. The van der Waals surface area contributed by atoms with Gasteiger partial charge in [-0.15, -0.1) is 0 Å². The average molecular weight is 448 g/mol. The van der Waals surface area contributed by atoms with Gasteiger partial charge >= 0.3 is 0 Å². The van der Waals surface area contributed by atoms with Gasteiger partial charge in [0.15, 0.2) is 0 Å². The number of aromatic nitrogens is 2. The summed E-state index contributed by atoms with van der Waals surface area (Å²) in [6, 6.07) is 13.5. The van der Waals surface area contributed by atoms with Crippen molar-refractivity contribution in [3.8, 4) is 11.6 Å². The largest absolute Gasteiger partial charge is 0.438 e. The van der Waals surface area contributed by atoms with Gasteiger partial charge < -0.3 is 19.3 Å². The van der Waals surface area contributed by atoms with Crippen LogP contribution in [0.15, 0.2) is 48.5 Å². The first-order valence-electron chi connectivity index (χ1n) is 11.1. The maximum absolute atomic E-state index is 13.7. The van der Waals surface area contributed by atoms with Crippen LogP contribution in [0.1, 0.15) is 27.2 Å². The fraction of sp³-hybridized carbons (Fsp3) is 0.320. The first-order valence-corrected chi connectivity index (χ1v) is 11.1. The predicted molar refractivity (Wildman–Crippen MR) is 121 cm³/mol. The Kier molecular flexibility index (Phi) is 5.92. The third-order valence-electron chi connectivity index (χ3n) is 5.87. The number of halogens is 1. The lowest BCUT2D eigenvalue weighted by atomic mass is 10.0. The number of anilines is 1. The molecule has 2 aromatic carbocycles. The second-order valence-electron chi connectivity index (χ2n) is 8.26. The summed E-state index contributed by atoms with van der Waals surface area (Å²) in [6.07, 6.45) is 0.570. The molecule has 0 radical (unpaired) electrons. The smallest absolute Gasteiger partial charge is 0.254 e. The summed E-state index contributed by atoms with van der Waals surface area (Å²) < 4.78 is 25.4. The molecule has 0 spiro atoms. The molecule has 0 N–H and O–H groups in total. The first-order chi connectivity index (χ1) is 16.1. The van der Waals surface area contributed by atoms with Crippen LogP contribution < -0.4 is 9.64 Å². The normalized spacial score (nSPS) is 15.8. The molecule has 1 amide bonds. The summed E-state index contributed by atoms with van der Waals surface area (Å²) in [5.41, 5.74) is 3.05. The van der Waals surface area contributed by atoms with E-state index in [1.807, 2.05) is 31.2 Å². The molecule has 7 nitrogen and oxygen atoms in total. The Hall–Kier alpha value is -3.52. The van der Waals surface area contributed by atoms with Crippen LogP contribution in [0.25, 0.3) is 0 Å². The number of ether oxygens (including phenoxy) is 2. The van der Waals surface area contributed by atoms with Crippen LogP contribution in [-0.2, 0) is 17.7 Å². The topological polar surface area (TPSA) is 67.8 Å². The molecule has 0 atom stereocenters. The predicted octanol–water partition coefficient (Wildman–Crippen LogP) is 3.75. The van der Waals surface area contributed by atoms with Crippen LogP contribution in [0.5, 0.6) is 11.6 Å². The molecule has 1 fully saturated rings. The maximum Gasteiger partial charge on any atom is 0.254 e. The third kappa shape index (κ3) is 4.66. The summed E-state index contributed by atoms with van der Waals surface area (Å²) in [6.45, 7) is 5.48. The van der Waals surface area contributed by atoms with E-state index in [2.05, 4.69) is 4.90 Å². The minimum Gasteiger partial charge on any atom is -0.438 e. The van der Waals surface area contributed by atoms with Gasteiger partial charge in [-0.1, -0.05) is 18.2 Å². The van der Waals surface area contributed by atoms with Crippen molar-refractivity contribution >= 4 is 11.9 Å². The molecule has 3 aromatic rings. The fourth-order valence-electron chi connectivity index (χ4n) is 4.13. The van der Waals surface area contributed by atoms with Crippen LogP contribution in [0.3, 0.4) is 0 Å². The molecule has 5 rings (SSSR count). The van der Waals surface area contributed by atoms with E-state index in [-0.39, 0.29) is 5.91 Å². The number of fused-ring (bicyclic) bond motifs is 1. The molecule has 0 unspecified atom stereocenters. The van der Waals surface area contributed by atoms with Gasteiger partial charge in [-0.05, 0) is 42.8 Å². The average Bonchev–Trinajstić information content (AvgIpc) is 2.84. The Bertz CT molecular complexity index is 1180. The molecule has 0 aliphatic carbocycles. The molecule has 1 aromatic heterocycles. The van der Waals surface area contributed by atoms with E-state index < -0.39 is 5.82 Å². The zero-order chi connectivity index (χ0) is 22.8.